The van der Waals surface area contributed by atoms with Crippen LogP contribution < -0.4 is 9.62 Å². The first-order valence-corrected chi connectivity index (χ1v) is 10.1. The number of rotatable bonds is 6. The normalized spacial score (nSPS) is 18.1. The van der Waals surface area contributed by atoms with Gasteiger partial charge in [0, 0.05) is 30.7 Å². The van der Waals surface area contributed by atoms with Crippen LogP contribution in [0.4, 0.5) is 5.69 Å². The van der Waals surface area contributed by atoms with Crippen LogP contribution in [0.2, 0.25) is 0 Å². The minimum Gasteiger partial charge on any atom is -0.371 e. The van der Waals surface area contributed by atoms with Crippen LogP contribution in [0, 0.1) is 12.8 Å². The first-order valence-electron chi connectivity index (χ1n) is 8.56. The zero-order valence-corrected chi connectivity index (χ0v) is 15.2. The zero-order valence-electron chi connectivity index (χ0n) is 14.4. The van der Waals surface area contributed by atoms with E-state index in [4.69, 9.17) is 0 Å². The van der Waals surface area contributed by atoms with Crippen LogP contribution in [-0.4, -0.2) is 28.1 Å². The molecule has 0 radical (unpaired) electrons. The summed E-state index contributed by atoms with van der Waals surface area (Å²) in [5.74, 6) is 0.336. The lowest BCUT2D eigenvalue weighted by Crippen LogP contribution is -2.29. The summed E-state index contributed by atoms with van der Waals surface area (Å²) in [6.45, 7) is 4.33. The Bertz CT molecular complexity index is 815. The first kappa shape index (κ1) is 17.7. The second-order valence-corrected chi connectivity index (χ2v) is 8.19. The summed E-state index contributed by atoms with van der Waals surface area (Å²) < 4.78 is 27.0. The van der Waals surface area contributed by atoms with Crippen molar-refractivity contribution in [3.63, 3.8) is 0 Å². The average molecular weight is 356 g/mol. The number of hydrogen-bond acceptors (Lipinski definition) is 3. The molecule has 132 valence electrons. The van der Waals surface area contributed by atoms with Gasteiger partial charge in [-0.15, -0.1) is 0 Å². The van der Waals surface area contributed by atoms with Crippen molar-refractivity contribution in [3.05, 3.63) is 71.1 Å². The monoisotopic (exact) mass is 356 g/mol. The molecule has 5 heteroatoms. The topological polar surface area (TPSA) is 49.4 Å². The summed E-state index contributed by atoms with van der Waals surface area (Å²) in [5, 5.41) is 1.25. The third-order valence-corrected chi connectivity index (χ3v) is 5.56. The highest BCUT2D eigenvalue weighted by Crippen LogP contribution is 2.23. The molecule has 0 aromatic heterocycles. The Labute approximate surface area is 150 Å². The molecule has 0 amide bonds. The lowest BCUT2D eigenvalue weighted by atomic mass is 10.1. The lowest BCUT2D eigenvalue weighted by Gasteiger charge is -2.18. The molecule has 4 nitrogen and oxygen atoms in total. The Hall–Kier alpha value is -2.11. The van der Waals surface area contributed by atoms with Gasteiger partial charge in [-0.2, -0.15) is 0 Å². The molecule has 1 heterocycles. The predicted octanol–water partition coefficient (Wildman–Crippen LogP) is 3.41. The Morgan fingerprint density at radius 3 is 2.56 bits per heavy atom. The standard InChI is InChI=1S/C20H24N2O2S/c1-17-7-9-18(10-8-17)12-14-25(23,24)21-15-19-11-13-22(16-19)20-5-3-2-4-6-20/h2-10,12,14,19,21H,11,13,15-16H2,1H3/b14-12+. The maximum atomic E-state index is 12.2. The predicted molar refractivity (Wildman–Crippen MR) is 104 cm³/mol. The van der Waals surface area contributed by atoms with Gasteiger partial charge < -0.3 is 4.90 Å². The van der Waals surface area contributed by atoms with Crippen LogP contribution in [0.5, 0.6) is 0 Å². The molecule has 0 bridgehead atoms. The largest absolute Gasteiger partial charge is 0.371 e. The van der Waals surface area contributed by atoms with Crippen LogP contribution in [-0.2, 0) is 10.0 Å². The van der Waals surface area contributed by atoms with Crippen LogP contribution in [0.3, 0.4) is 0 Å². The number of para-hydroxylation sites is 1. The van der Waals surface area contributed by atoms with E-state index in [1.54, 1.807) is 6.08 Å². The number of sulfonamides is 1. The third kappa shape index (κ3) is 5.18. The molecule has 1 atom stereocenters. The molecule has 1 fully saturated rings. The Balaban J connectivity index is 1.52. The molecule has 1 aliphatic rings. The van der Waals surface area contributed by atoms with Crippen LogP contribution in [0.25, 0.3) is 6.08 Å². The fourth-order valence-electron chi connectivity index (χ4n) is 3.00. The van der Waals surface area contributed by atoms with Crippen molar-refractivity contribution in [3.8, 4) is 0 Å². The van der Waals surface area contributed by atoms with E-state index in [0.717, 1.165) is 30.6 Å². The van der Waals surface area contributed by atoms with Gasteiger partial charge in [-0.1, -0.05) is 48.0 Å². The van der Waals surface area contributed by atoms with Gasteiger partial charge >= 0.3 is 0 Å². The van der Waals surface area contributed by atoms with E-state index in [1.165, 1.54) is 11.1 Å². The van der Waals surface area contributed by atoms with Crippen molar-refractivity contribution in [2.75, 3.05) is 24.5 Å². The van der Waals surface area contributed by atoms with E-state index >= 15 is 0 Å². The second-order valence-electron chi connectivity index (χ2n) is 6.54. The smallest absolute Gasteiger partial charge is 0.233 e. The molecular weight excluding hydrogens is 332 g/mol. The molecule has 0 spiro atoms. The number of hydrogen-bond donors (Lipinski definition) is 1. The summed E-state index contributed by atoms with van der Waals surface area (Å²) in [4.78, 5) is 2.31. The highest BCUT2D eigenvalue weighted by atomic mass is 32.2. The summed E-state index contributed by atoms with van der Waals surface area (Å²) in [6.07, 6.45) is 2.63. The van der Waals surface area contributed by atoms with Crippen LogP contribution in [0.1, 0.15) is 17.5 Å². The fourth-order valence-corrected chi connectivity index (χ4v) is 3.90. The molecule has 2 aromatic carbocycles. The van der Waals surface area contributed by atoms with E-state index in [9.17, 15) is 8.42 Å². The van der Waals surface area contributed by atoms with Crippen molar-refractivity contribution in [1.29, 1.82) is 0 Å². The molecule has 0 saturated carbocycles. The number of nitrogens with one attached hydrogen (secondary N) is 1. The van der Waals surface area contributed by atoms with Gasteiger partial charge in [-0.3, -0.25) is 0 Å². The summed E-state index contributed by atoms with van der Waals surface area (Å²) in [7, 11) is -3.41. The SMILES string of the molecule is Cc1ccc(/C=C/S(=O)(=O)NCC2CCN(c3ccccc3)C2)cc1. The lowest BCUT2D eigenvalue weighted by molar-refractivity contribution is 0.547. The minimum atomic E-state index is -3.41. The third-order valence-electron chi connectivity index (χ3n) is 4.50. The van der Waals surface area contributed by atoms with Gasteiger partial charge in [0.1, 0.15) is 0 Å². The highest BCUT2D eigenvalue weighted by molar-refractivity contribution is 7.92. The molecule has 1 unspecified atom stereocenters. The van der Waals surface area contributed by atoms with E-state index in [1.807, 2.05) is 49.4 Å². The zero-order chi connectivity index (χ0) is 17.7. The maximum Gasteiger partial charge on any atom is 0.233 e. The van der Waals surface area contributed by atoms with Gasteiger partial charge in [-0.05, 0) is 43.0 Å². The van der Waals surface area contributed by atoms with E-state index in [-0.39, 0.29) is 0 Å². The second kappa shape index (κ2) is 7.85. The van der Waals surface area contributed by atoms with Crippen molar-refractivity contribution in [2.45, 2.75) is 13.3 Å². The number of nitrogens with zero attached hydrogens (tertiary/aromatic N) is 1. The molecule has 1 N–H and O–H groups in total. The quantitative estimate of drug-likeness (QED) is 0.863. The van der Waals surface area contributed by atoms with Crippen molar-refractivity contribution in [2.24, 2.45) is 5.92 Å². The summed E-state index contributed by atoms with van der Waals surface area (Å²) >= 11 is 0. The number of anilines is 1. The number of benzene rings is 2. The fraction of sp³-hybridized carbons (Fsp3) is 0.300. The van der Waals surface area contributed by atoms with E-state index < -0.39 is 10.0 Å². The Morgan fingerprint density at radius 1 is 1.12 bits per heavy atom. The van der Waals surface area contributed by atoms with Crippen LogP contribution in [0.15, 0.2) is 60.0 Å². The molecule has 3 rings (SSSR count). The molecule has 0 aliphatic carbocycles. The molecule has 2 aromatic rings. The van der Waals surface area contributed by atoms with Gasteiger partial charge in [0.2, 0.25) is 10.0 Å². The maximum absolute atomic E-state index is 12.2. The summed E-state index contributed by atoms with van der Waals surface area (Å²) in [6, 6.07) is 18.0. The van der Waals surface area contributed by atoms with E-state index in [2.05, 4.69) is 21.8 Å². The van der Waals surface area contributed by atoms with Crippen molar-refractivity contribution < 1.29 is 8.42 Å². The summed E-state index contributed by atoms with van der Waals surface area (Å²) in [5.41, 5.74) is 3.24. The first-order chi connectivity index (χ1) is 12.0. The number of aryl methyl sites for hydroxylation is 1. The highest BCUT2D eigenvalue weighted by Gasteiger charge is 2.23. The van der Waals surface area contributed by atoms with Gasteiger partial charge in [0.15, 0.2) is 0 Å². The van der Waals surface area contributed by atoms with Gasteiger partial charge in [0.05, 0.1) is 0 Å². The molecule has 25 heavy (non-hydrogen) atoms. The Kier molecular flexibility index (Phi) is 5.56. The Morgan fingerprint density at radius 2 is 1.84 bits per heavy atom. The van der Waals surface area contributed by atoms with Crippen molar-refractivity contribution in [1.82, 2.24) is 4.72 Å². The average Bonchev–Trinajstić information content (AvgIpc) is 3.10. The van der Waals surface area contributed by atoms with E-state index in [0.29, 0.717) is 12.5 Å². The van der Waals surface area contributed by atoms with Crippen molar-refractivity contribution >= 4 is 21.8 Å². The minimum absolute atomic E-state index is 0.336. The van der Waals surface area contributed by atoms with Crippen LogP contribution >= 0.6 is 0 Å². The molecule has 1 saturated heterocycles. The molecular formula is C20H24N2O2S. The van der Waals surface area contributed by atoms with Gasteiger partial charge in [-0.25, -0.2) is 13.1 Å². The molecule has 1 aliphatic heterocycles. The van der Waals surface area contributed by atoms with Gasteiger partial charge in [0.25, 0.3) is 0 Å².